The van der Waals surface area contributed by atoms with Crippen LogP contribution in [0.25, 0.3) is 0 Å². The molecule has 0 amide bonds. The van der Waals surface area contributed by atoms with Crippen molar-refractivity contribution >= 4 is 11.6 Å². The van der Waals surface area contributed by atoms with Gasteiger partial charge in [-0.05, 0) is 41.8 Å². The van der Waals surface area contributed by atoms with Gasteiger partial charge in [-0.15, -0.1) is 0 Å². The van der Waals surface area contributed by atoms with Gasteiger partial charge >= 0.3 is 0 Å². The van der Waals surface area contributed by atoms with E-state index in [2.05, 4.69) is 5.32 Å². The highest BCUT2D eigenvalue weighted by Gasteiger charge is 2.27. The Labute approximate surface area is 134 Å². The number of nitrogens with one attached hydrogen (secondary N) is 1. The number of ether oxygens (including phenoxy) is 2. The molecule has 0 saturated carbocycles. The lowest BCUT2D eigenvalue weighted by atomic mass is 9.89. The van der Waals surface area contributed by atoms with Gasteiger partial charge in [-0.1, -0.05) is 17.7 Å². The molecule has 0 saturated heterocycles. The summed E-state index contributed by atoms with van der Waals surface area (Å²) in [6, 6.07) is 8.30. The number of methoxy groups -OCH3 is 2. The van der Waals surface area contributed by atoms with Crippen molar-refractivity contribution in [2.75, 3.05) is 20.8 Å². The molecule has 22 heavy (non-hydrogen) atoms. The molecule has 1 atom stereocenters. The molecule has 2 aromatic rings. The number of hydrogen-bond donors (Lipinski definition) is 1. The van der Waals surface area contributed by atoms with Crippen molar-refractivity contribution in [3.05, 3.63) is 57.9 Å². The Morgan fingerprint density at radius 1 is 1.18 bits per heavy atom. The highest BCUT2D eigenvalue weighted by Crippen LogP contribution is 2.39. The number of fused-ring (bicyclic) bond motifs is 1. The van der Waals surface area contributed by atoms with Crippen LogP contribution >= 0.6 is 11.6 Å². The topological polar surface area (TPSA) is 30.5 Å². The van der Waals surface area contributed by atoms with Crippen LogP contribution in [0.3, 0.4) is 0 Å². The molecule has 1 aliphatic rings. The van der Waals surface area contributed by atoms with Crippen molar-refractivity contribution in [3.8, 4) is 11.5 Å². The molecule has 116 valence electrons. The lowest BCUT2D eigenvalue weighted by Gasteiger charge is -2.29. The van der Waals surface area contributed by atoms with Crippen LogP contribution in [0.4, 0.5) is 4.39 Å². The molecule has 1 N–H and O–H groups in total. The van der Waals surface area contributed by atoms with Gasteiger partial charge in [0.2, 0.25) is 0 Å². The number of benzene rings is 2. The van der Waals surface area contributed by atoms with Crippen LogP contribution in [0, 0.1) is 5.82 Å². The van der Waals surface area contributed by atoms with Gasteiger partial charge in [0, 0.05) is 17.1 Å². The summed E-state index contributed by atoms with van der Waals surface area (Å²) in [5, 5.41) is 3.76. The fourth-order valence-electron chi connectivity index (χ4n) is 2.93. The predicted molar refractivity (Wildman–Crippen MR) is 84.5 cm³/mol. The Morgan fingerprint density at radius 2 is 1.91 bits per heavy atom. The molecule has 0 radical (unpaired) electrons. The van der Waals surface area contributed by atoms with Crippen LogP contribution in [-0.2, 0) is 6.42 Å². The number of rotatable bonds is 3. The molecule has 1 heterocycles. The second kappa shape index (κ2) is 6.15. The van der Waals surface area contributed by atoms with Gasteiger partial charge in [-0.3, -0.25) is 0 Å². The van der Waals surface area contributed by atoms with Crippen LogP contribution in [0.15, 0.2) is 30.3 Å². The fourth-order valence-corrected chi connectivity index (χ4v) is 3.20. The third-order valence-electron chi connectivity index (χ3n) is 3.99. The standard InChI is InChI=1S/C17H17ClFNO2/c1-21-14-8-10-6-7-20-17(11(10)9-15(14)22-2)16-12(18)4-3-5-13(16)19/h3-5,8-9,17,20H,6-7H2,1-2H3/t17-/m0/s1. The Hall–Kier alpha value is -1.78. The zero-order valence-corrected chi connectivity index (χ0v) is 13.2. The second-order valence-corrected chi connectivity index (χ2v) is 5.59. The SMILES string of the molecule is COc1cc2c(cc1OC)[C@@H](c1c(F)cccc1Cl)NCC2. The predicted octanol–water partition coefficient (Wildman–Crippen LogP) is 3.73. The highest BCUT2D eigenvalue weighted by molar-refractivity contribution is 6.31. The average molecular weight is 322 g/mol. The summed E-state index contributed by atoms with van der Waals surface area (Å²) in [5.74, 6) is 0.997. The summed E-state index contributed by atoms with van der Waals surface area (Å²) in [6.45, 7) is 0.748. The molecule has 2 aromatic carbocycles. The molecular weight excluding hydrogens is 305 g/mol. The summed E-state index contributed by atoms with van der Waals surface area (Å²) in [7, 11) is 3.20. The van der Waals surface area contributed by atoms with Gasteiger partial charge in [-0.2, -0.15) is 0 Å². The first-order valence-corrected chi connectivity index (χ1v) is 7.45. The third-order valence-corrected chi connectivity index (χ3v) is 4.32. The van der Waals surface area contributed by atoms with Crippen molar-refractivity contribution in [1.29, 1.82) is 0 Å². The lowest BCUT2D eigenvalue weighted by molar-refractivity contribution is 0.352. The maximum atomic E-state index is 14.3. The van der Waals surface area contributed by atoms with Crippen molar-refractivity contribution < 1.29 is 13.9 Å². The molecule has 0 fully saturated rings. The van der Waals surface area contributed by atoms with Gasteiger partial charge in [0.15, 0.2) is 11.5 Å². The van der Waals surface area contributed by atoms with E-state index < -0.39 is 0 Å². The van der Waals surface area contributed by atoms with Crippen LogP contribution in [0.5, 0.6) is 11.5 Å². The van der Waals surface area contributed by atoms with E-state index in [0.717, 1.165) is 24.1 Å². The summed E-state index contributed by atoms with van der Waals surface area (Å²) in [4.78, 5) is 0. The van der Waals surface area contributed by atoms with E-state index in [1.54, 1.807) is 26.4 Å². The molecule has 0 unspecified atom stereocenters. The minimum absolute atomic E-state index is 0.294. The van der Waals surface area contributed by atoms with Crippen LogP contribution in [0.2, 0.25) is 5.02 Å². The van der Waals surface area contributed by atoms with Crippen molar-refractivity contribution in [3.63, 3.8) is 0 Å². The molecule has 0 spiro atoms. The van der Waals surface area contributed by atoms with Crippen LogP contribution < -0.4 is 14.8 Å². The van der Waals surface area contributed by atoms with Crippen molar-refractivity contribution in [1.82, 2.24) is 5.32 Å². The highest BCUT2D eigenvalue weighted by atomic mass is 35.5. The second-order valence-electron chi connectivity index (χ2n) is 5.18. The van der Waals surface area contributed by atoms with E-state index in [9.17, 15) is 4.39 Å². The van der Waals surface area contributed by atoms with Gasteiger partial charge in [0.1, 0.15) is 5.82 Å². The maximum absolute atomic E-state index is 14.3. The minimum atomic E-state index is -0.312. The molecule has 5 heteroatoms. The van der Waals surface area contributed by atoms with Crippen molar-refractivity contribution in [2.45, 2.75) is 12.5 Å². The van der Waals surface area contributed by atoms with Gasteiger partial charge < -0.3 is 14.8 Å². The summed E-state index contributed by atoms with van der Waals surface area (Å²) in [5.41, 5.74) is 2.55. The summed E-state index contributed by atoms with van der Waals surface area (Å²) < 4.78 is 25.0. The molecule has 0 aliphatic carbocycles. The van der Waals surface area contributed by atoms with Gasteiger partial charge in [-0.25, -0.2) is 4.39 Å². The molecule has 1 aliphatic heterocycles. The van der Waals surface area contributed by atoms with Crippen LogP contribution in [0.1, 0.15) is 22.7 Å². The largest absolute Gasteiger partial charge is 0.493 e. The molecule has 3 rings (SSSR count). The molecular formula is C17H17ClFNO2. The monoisotopic (exact) mass is 321 g/mol. The normalized spacial score (nSPS) is 17.0. The smallest absolute Gasteiger partial charge is 0.161 e. The van der Waals surface area contributed by atoms with Crippen molar-refractivity contribution in [2.24, 2.45) is 0 Å². The summed E-state index contributed by atoms with van der Waals surface area (Å²) in [6.07, 6.45) is 0.845. The third kappa shape index (κ3) is 2.53. The van der Waals surface area contributed by atoms with E-state index in [1.807, 2.05) is 12.1 Å². The fraction of sp³-hybridized carbons (Fsp3) is 0.294. The van der Waals surface area contributed by atoms with Gasteiger partial charge in [0.25, 0.3) is 0 Å². The minimum Gasteiger partial charge on any atom is -0.493 e. The Balaban J connectivity index is 2.15. The quantitative estimate of drug-likeness (QED) is 0.934. The van der Waals surface area contributed by atoms with E-state index in [-0.39, 0.29) is 11.9 Å². The molecule has 3 nitrogen and oxygen atoms in total. The maximum Gasteiger partial charge on any atom is 0.161 e. The van der Waals surface area contributed by atoms with E-state index in [1.165, 1.54) is 6.07 Å². The van der Waals surface area contributed by atoms with Crippen LogP contribution in [-0.4, -0.2) is 20.8 Å². The zero-order valence-electron chi connectivity index (χ0n) is 12.5. The molecule has 0 aromatic heterocycles. The van der Waals surface area contributed by atoms with E-state index in [4.69, 9.17) is 21.1 Å². The zero-order chi connectivity index (χ0) is 15.7. The van der Waals surface area contributed by atoms with E-state index >= 15 is 0 Å². The van der Waals surface area contributed by atoms with E-state index in [0.29, 0.717) is 22.1 Å². The Kier molecular flexibility index (Phi) is 4.23. The van der Waals surface area contributed by atoms with Gasteiger partial charge in [0.05, 0.1) is 20.3 Å². The average Bonchev–Trinajstić information content (AvgIpc) is 2.53. The Morgan fingerprint density at radius 3 is 2.59 bits per heavy atom. The molecule has 0 bridgehead atoms. The summed E-state index contributed by atoms with van der Waals surface area (Å²) >= 11 is 6.23. The Bertz CT molecular complexity index is 685. The first kappa shape index (κ1) is 15.1. The number of hydrogen-bond acceptors (Lipinski definition) is 3. The number of halogens is 2. The lowest BCUT2D eigenvalue weighted by Crippen LogP contribution is -2.31. The first-order valence-electron chi connectivity index (χ1n) is 7.07. The first-order chi connectivity index (χ1) is 10.7.